The standard InChI is InChI=1S/C22H27N5O4S/c1-16-5-3-4-6-20(16)27(32(2,29)30)15-22(28)23-17-7-8-18-19(13-17)25-21(24-18)14-26-9-11-31-12-10-26/h3-8,13H,9-12,14-15H2,1-2H3,(H,23,28)(H,24,25). The Hall–Kier alpha value is -2.95. The quantitative estimate of drug-likeness (QED) is 0.563. The molecule has 0 bridgehead atoms. The van der Waals surface area contributed by atoms with Crippen molar-refractivity contribution in [1.29, 1.82) is 0 Å². The number of rotatable bonds is 7. The Labute approximate surface area is 187 Å². The summed E-state index contributed by atoms with van der Waals surface area (Å²) >= 11 is 0. The number of anilines is 2. The Kier molecular flexibility index (Phi) is 6.45. The molecule has 3 aromatic rings. The van der Waals surface area contributed by atoms with Crippen molar-refractivity contribution in [3.8, 4) is 0 Å². The third-order valence-corrected chi connectivity index (χ3v) is 6.49. The maximum absolute atomic E-state index is 12.7. The number of amides is 1. The number of aromatic amines is 1. The molecule has 0 spiro atoms. The summed E-state index contributed by atoms with van der Waals surface area (Å²) in [5, 5.41) is 2.80. The Balaban J connectivity index is 1.47. The van der Waals surface area contributed by atoms with Crippen molar-refractivity contribution >= 4 is 38.3 Å². The van der Waals surface area contributed by atoms with Crippen molar-refractivity contribution in [1.82, 2.24) is 14.9 Å². The molecule has 170 valence electrons. The third kappa shape index (κ3) is 5.26. The number of para-hydroxylation sites is 1. The summed E-state index contributed by atoms with van der Waals surface area (Å²) in [6.07, 6.45) is 1.10. The lowest BCUT2D eigenvalue weighted by molar-refractivity contribution is -0.114. The molecule has 1 fully saturated rings. The van der Waals surface area contributed by atoms with Gasteiger partial charge in [0.15, 0.2) is 0 Å². The van der Waals surface area contributed by atoms with E-state index >= 15 is 0 Å². The van der Waals surface area contributed by atoms with Gasteiger partial charge in [0.2, 0.25) is 15.9 Å². The lowest BCUT2D eigenvalue weighted by Crippen LogP contribution is -2.37. The van der Waals surface area contributed by atoms with Gasteiger partial charge in [-0.05, 0) is 36.8 Å². The molecule has 1 amide bonds. The molecule has 1 aliphatic heterocycles. The molecule has 1 saturated heterocycles. The van der Waals surface area contributed by atoms with Gasteiger partial charge in [0.1, 0.15) is 12.4 Å². The number of aromatic nitrogens is 2. The van der Waals surface area contributed by atoms with Crippen LogP contribution in [0.3, 0.4) is 0 Å². The van der Waals surface area contributed by atoms with Crippen LogP contribution in [0.4, 0.5) is 11.4 Å². The third-order valence-electron chi connectivity index (χ3n) is 5.36. The first-order valence-corrected chi connectivity index (χ1v) is 12.3. The van der Waals surface area contributed by atoms with Crippen LogP contribution in [0.5, 0.6) is 0 Å². The van der Waals surface area contributed by atoms with Crippen LogP contribution in [0.15, 0.2) is 42.5 Å². The molecule has 0 aliphatic carbocycles. The fourth-order valence-electron chi connectivity index (χ4n) is 3.74. The van der Waals surface area contributed by atoms with Gasteiger partial charge in [0, 0.05) is 18.8 Å². The number of ether oxygens (including phenoxy) is 1. The number of nitrogens with zero attached hydrogens (tertiary/aromatic N) is 3. The normalized spacial score (nSPS) is 15.1. The number of nitrogens with one attached hydrogen (secondary N) is 2. The van der Waals surface area contributed by atoms with E-state index in [-0.39, 0.29) is 6.54 Å². The summed E-state index contributed by atoms with van der Waals surface area (Å²) in [4.78, 5) is 22.9. The monoisotopic (exact) mass is 457 g/mol. The lowest BCUT2D eigenvalue weighted by atomic mass is 10.2. The van der Waals surface area contributed by atoms with Gasteiger partial charge in [-0.3, -0.25) is 14.0 Å². The maximum atomic E-state index is 12.7. The summed E-state index contributed by atoms with van der Waals surface area (Å²) in [5.74, 6) is 0.430. The molecule has 0 unspecified atom stereocenters. The van der Waals surface area contributed by atoms with Crippen LogP contribution in [0.2, 0.25) is 0 Å². The highest BCUT2D eigenvalue weighted by Crippen LogP contribution is 2.23. The van der Waals surface area contributed by atoms with E-state index in [1.54, 1.807) is 18.2 Å². The van der Waals surface area contributed by atoms with Gasteiger partial charge < -0.3 is 15.0 Å². The minimum Gasteiger partial charge on any atom is -0.379 e. The molecule has 0 saturated carbocycles. The summed E-state index contributed by atoms with van der Waals surface area (Å²) < 4.78 is 31.2. The Bertz CT molecular complexity index is 1220. The smallest absolute Gasteiger partial charge is 0.245 e. The van der Waals surface area contributed by atoms with Gasteiger partial charge in [-0.2, -0.15) is 0 Å². The molecular weight excluding hydrogens is 430 g/mol. The van der Waals surface area contributed by atoms with Gasteiger partial charge in [-0.15, -0.1) is 0 Å². The highest BCUT2D eigenvalue weighted by atomic mass is 32.2. The largest absolute Gasteiger partial charge is 0.379 e. The van der Waals surface area contributed by atoms with E-state index in [1.807, 2.05) is 31.2 Å². The molecule has 2 heterocycles. The fourth-order valence-corrected chi connectivity index (χ4v) is 4.66. The molecule has 0 radical (unpaired) electrons. The first-order valence-electron chi connectivity index (χ1n) is 10.4. The summed E-state index contributed by atoms with van der Waals surface area (Å²) in [6, 6.07) is 12.5. The molecule has 32 heavy (non-hydrogen) atoms. The van der Waals surface area contributed by atoms with Crippen LogP contribution in [0, 0.1) is 6.92 Å². The van der Waals surface area contributed by atoms with Crippen LogP contribution < -0.4 is 9.62 Å². The van der Waals surface area contributed by atoms with Crippen LogP contribution in [-0.4, -0.2) is 68.3 Å². The number of imidazole rings is 1. The number of fused-ring (bicyclic) bond motifs is 1. The summed E-state index contributed by atoms with van der Waals surface area (Å²) in [7, 11) is -3.63. The Morgan fingerprint density at radius 1 is 1.22 bits per heavy atom. The molecule has 1 aliphatic rings. The number of hydrogen-bond acceptors (Lipinski definition) is 6. The van der Waals surface area contributed by atoms with Crippen molar-refractivity contribution in [2.24, 2.45) is 0 Å². The number of H-pyrrole nitrogens is 1. The molecule has 2 aromatic carbocycles. The second-order valence-electron chi connectivity index (χ2n) is 7.91. The summed E-state index contributed by atoms with van der Waals surface area (Å²) in [6.45, 7) is 5.40. The number of carbonyl (C=O) groups excluding carboxylic acids is 1. The van der Waals surface area contributed by atoms with E-state index in [2.05, 4.69) is 20.2 Å². The molecule has 1 aromatic heterocycles. The van der Waals surface area contributed by atoms with Gasteiger partial charge >= 0.3 is 0 Å². The molecule has 10 heteroatoms. The van der Waals surface area contributed by atoms with E-state index in [0.29, 0.717) is 17.9 Å². The summed E-state index contributed by atoms with van der Waals surface area (Å²) in [5.41, 5.74) is 3.45. The predicted octanol–water partition coefficient (Wildman–Crippen LogP) is 2.11. The van der Waals surface area contributed by atoms with Crippen molar-refractivity contribution < 1.29 is 17.9 Å². The highest BCUT2D eigenvalue weighted by Gasteiger charge is 2.22. The molecule has 0 atom stereocenters. The molecule has 4 rings (SSSR count). The van der Waals surface area contributed by atoms with Crippen LogP contribution >= 0.6 is 0 Å². The van der Waals surface area contributed by atoms with Crippen LogP contribution in [0.25, 0.3) is 11.0 Å². The first kappa shape index (κ1) is 22.3. The number of carbonyl (C=O) groups is 1. The topological polar surface area (TPSA) is 108 Å². The van der Waals surface area contributed by atoms with Crippen molar-refractivity contribution in [2.75, 3.05) is 48.7 Å². The zero-order valence-electron chi connectivity index (χ0n) is 18.2. The van der Waals surface area contributed by atoms with Gasteiger partial charge in [-0.1, -0.05) is 18.2 Å². The average molecular weight is 458 g/mol. The number of benzene rings is 2. The molecule has 9 nitrogen and oxygen atoms in total. The number of sulfonamides is 1. The molecule has 2 N–H and O–H groups in total. The van der Waals surface area contributed by atoms with Crippen molar-refractivity contribution in [3.63, 3.8) is 0 Å². The lowest BCUT2D eigenvalue weighted by Gasteiger charge is -2.25. The van der Waals surface area contributed by atoms with E-state index in [4.69, 9.17) is 4.74 Å². The SMILES string of the molecule is Cc1ccccc1N(CC(=O)Nc1ccc2nc(CN3CCOCC3)[nH]c2c1)S(C)(=O)=O. The number of hydrogen-bond donors (Lipinski definition) is 2. The second-order valence-corrected chi connectivity index (χ2v) is 9.82. The second kappa shape index (κ2) is 9.27. The van der Waals surface area contributed by atoms with Crippen LogP contribution in [-0.2, 0) is 26.1 Å². The first-order chi connectivity index (χ1) is 15.3. The highest BCUT2D eigenvalue weighted by molar-refractivity contribution is 7.92. The van der Waals surface area contributed by atoms with E-state index in [0.717, 1.165) is 59.3 Å². The van der Waals surface area contributed by atoms with Gasteiger partial charge in [0.25, 0.3) is 0 Å². The molecular formula is C22H27N5O4S. The predicted molar refractivity (Wildman–Crippen MR) is 124 cm³/mol. The minimum absolute atomic E-state index is 0.313. The Morgan fingerprint density at radius 2 is 1.97 bits per heavy atom. The van der Waals surface area contributed by atoms with E-state index in [1.165, 1.54) is 0 Å². The number of aryl methyl sites for hydroxylation is 1. The van der Waals surface area contributed by atoms with Gasteiger partial charge in [0.05, 0.1) is 42.7 Å². The average Bonchev–Trinajstić information content (AvgIpc) is 3.14. The zero-order valence-corrected chi connectivity index (χ0v) is 19.0. The van der Waals surface area contributed by atoms with Crippen molar-refractivity contribution in [3.05, 3.63) is 53.9 Å². The van der Waals surface area contributed by atoms with Crippen molar-refractivity contribution in [2.45, 2.75) is 13.5 Å². The zero-order chi connectivity index (χ0) is 22.7. The van der Waals surface area contributed by atoms with E-state index in [9.17, 15) is 13.2 Å². The number of morpholine rings is 1. The van der Waals surface area contributed by atoms with Crippen LogP contribution in [0.1, 0.15) is 11.4 Å². The van der Waals surface area contributed by atoms with E-state index < -0.39 is 15.9 Å². The minimum atomic E-state index is -3.63. The maximum Gasteiger partial charge on any atom is 0.245 e. The Morgan fingerprint density at radius 3 is 2.69 bits per heavy atom. The van der Waals surface area contributed by atoms with Gasteiger partial charge in [-0.25, -0.2) is 13.4 Å². The fraction of sp³-hybridized carbons (Fsp3) is 0.364.